The molecule has 0 aliphatic carbocycles. The fourth-order valence-corrected chi connectivity index (χ4v) is 3.02. The van der Waals surface area contributed by atoms with E-state index in [1.165, 1.54) is 33.8 Å². The first-order valence-electron chi connectivity index (χ1n) is 8.33. The Hall–Kier alpha value is -2.61. The van der Waals surface area contributed by atoms with Crippen LogP contribution in [0.3, 0.4) is 0 Å². The predicted octanol–water partition coefficient (Wildman–Crippen LogP) is 5.77. The first kappa shape index (κ1) is 16.3. The Labute approximate surface area is 144 Å². The maximum Gasteiger partial charge on any atom is 0.0661 e. The highest BCUT2D eigenvalue weighted by atomic mass is 15.0. The second kappa shape index (κ2) is 6.48. The van der Waals surface area contributed by atoms with Crippen molar-refractivity contribution in [3.8, 4) is 5.69 Å². The van der Waals surface area contributed by atoms with Crippen LogP contribution in [-0.2, 0) is 0 Å². The van der Waals surface area contributed by atoms with E-state index < -0.39 is 0 Å². The number of rotatable bonds is 3. The summed E-state index contributed by atoms with van der Waals surface area (Å²) in [6.45, 7) is 10.6. The van der Waals surface area contributed by atoms with Crippen LogP contribution in [0.2, 0.25) is 0 Å². The number of benzene rings is 2. The minimum absolute atomic E-state index is 1.04. The summed E-state index contributed by atoms with van der Waals surface area (Å²) in [5, 5.41) is 0. The molecular weight excluding hydrogens is 292 g/mol. The summed E-state index contributed by atoms with van der Waals surface area (Å²) in [7, 11) is 0. The summed E-state index contributed by atoms with van der Waals surface area (Å²) in [4.78, 5) is 4.72. The second-order valence-electron chi connectivity index (χ2n) is 6.47. The summed E-state index contributed by atoms with van der Waals surface area (Å²) >= 11 is 0. The van der Waals surface area contributed by atoms with Gasteiger partial charge in [0.05, 0.1) is 5.69 Å². The smallest absolute Gasteiger partial charge is 0.0661 e. The summed E-state index contributed by atoms with van der Waals surface area (Å²) in [6, 6.07) is 17.1. The molecule has 0 atom stereocenters. The molecule has 24 heavy (non-hydrogen) atoms. The van der Waals surface area contributed by atoms with Gasteiger partial charge in [-0.2, -0.15) is 0 Å². The zero-order valence-corrected chi connectivity index (χ0v) is 15.1. The fraction of sp³-hybridized carbons (Fsp3) is 0.227. The molecule has 0 N–H and O–H groups in total. The van der Waals surface area contributed by atoms with E-state index in [1.54, 1.807) is 0 Å². The van der Waals surface area contributed by atoms with Crippen LogP contribution < -0.4 is 0 Å². The molecule has 3 rings (SSSR count). The lowest BCUT2D eigenvalue weighted by Gasteiger charge is -2.09. The van der Waals surface area contributed by atoms with Gasteiger partial charge in [0.1, 0.15) is 0 Å². The van der Waals surface area contributed by atoms with Gasteiger partial charge in [-0.05, 0) is 70.0 Å². The minimum atomic E-state index is 1.04. The zero-order valence-electron chi connectivity index (χ0n) is 15.1. The van der Waals surface area contributed by atoms with Crippen LogP contribution in [0.25, 0.3) is 5.69 Å². The van der Waals surface area contributed by atoms with E-state index in [9.17, 15) is 0 Å². The number of aliphatic imine (C=N–C) groups is 1. The maximum absolute atomic E-state index is 4.72. The zero-order chi connectivity index (χ0) is 17.3. The van der Waals surface area contributed by atoms with Gasteiger partial charge in [-0.25, -0.2) is 0 Å². The third-order valence-electron chi connectivity index (χ3n) is 4.68. The molecule has 0 aliphatic heterocycles. The molecule has 3 aromatic rings. The van der Waals surface area contributed by atoms with Crippen molar-refractivity contribution in [3.05, 3.63) is 82.2 Å². The van der Waals surface area contributed by atoms with Crippen LogP contribution in [-0.4, -0.2) is 10.8 Å². The molecule has 0 saturated carbocycles. The largest absolute Gasteiger partial charge is 0.318 e. The average molecular weight is 316 g/mol. The van der Waals surface area contributed by atoms with E-state index in [2.05, 4.69) is 87.7 Å². The topological polar surface area (TPSA) is 17.3 Å². The monoisotopic (exact) mass is 316 g/mol. The highest BCUT2D eigenvalue weighted by molar-refractivity contribution is 5.84. The van der Waals surface area contributed by atoms with Crippen LogP contribution in [0.1, 0.15) is 33.6 Å². The molecular formula is C22H24N2. The molecule has 122 valence electrons. The van der Waals surface area contributed by atoms with Crippen LogP contribution in [0.5, 0.6) is 0 Å². The van der Waals surface area contributed by atoms with Crippen molar-refractivity contribution < 1.29 is 0 Å². The van der Waals surface area contributed by atoms with E-state index in [1.807, 2.05) is 6.21 Å². The van der Waals surface area contributed by atoms with Gasteiger partial charge in [0.25, 0.3) is 0 Å². The van der Waals surface area contributed by atoms with Crippen molar-refractivity contribution in [1.29, 1.82) is 0 Å². The minimum Gasteiger partial charge on any atom is -0.318 e. The van der Waals surface area contributed by atoms with E-state index in [-0.39, 0.29) is 0 Å². The molecule has 2 aromatic carbocycles. The summed E-state index contributed by atoms with van der Waals surface area (Å²) in [5.74, 6) is 0. The lowest BCUT2D eigenvalue weighted by molar-refractivity contribution is 0.964. The standard InChI is InChI=1S/C22H24N2/c1-15-9-11-21(12-10-15)24-17(3)13-20(19(24)5)14-23-22-8-6-7-16(2)18(22)4/h6-14H,1-5H3. The van der Waals surface area contributed by atoms with Crippen molar-refractivity contribution in [2.75, 3.05) is 0 Å². The van der Waals surface area contributed by atoms with Crippen molar-refractivity contribution in [3.63, 3.8) is 0 Å². The van der Waals surface area contributed by atoms with Gasteiger partial charge < -0.3 is 4.57 Å². The Morgan fingerprint density at radius 3 is 2.29 bits per heavy atom. The number of hydrogen-bond donors (Lipinski definition) is 0. The third kappa shape index (κ3) is 3.05. The van der Waals surface area contributed by atoms with Gasteiger partial charge >= 0.3 is 0 Å². The SMILES string of the molecule is Cc1ccc(-n2c(C)cc(C=Nc3cccc(C)c3C)c2C)cc1. The summed E-state index contributed by atoms with van der Waals surface area (Å²) < 4.78 is 2.28. The molecule has 0 saturated heterocycles. The van der Waals surface area contributed by atoms with Gasteiger partial charge in [-0.1, -0.05) is 29.8 Å². The lowest BCUT2D eigenvalue weighted by Crippen LogP contribution is -1.99. The van der Waals surface area contributed by atoms with Crippen LogP contribution in [0, 0.1) is 34.6 Å². The quantitative estimate of drug-likeness (QED) is 0.546. The molecule has 0 unspecified atom stereocenters. The van der Waals surface area contributed by atoms with E-state index >= 15 is 0 Å². The van der Waals surface area contributed by atoms with E-state index in [0.717, 1.165) is 11.3 Å². The maximum atomic E-state index is 4.72. The predicted molar refractivity (Wildman–Crippen MR) is 103 cm³/mol. The summed E-state index contributed by atoms with van der Waals surface area (Å²) in [5.41, 5.74) is 9.61. The van der Waals surface area contributed by atoms with E-state index in [4.69, 9.17) is 4.99 Å². The van der Waals surface area contributed by atoms with Crippen molar-refractivity contribution in [2.24, 2.45) is 4.99 Å². The Bertz CT molecular complexity index is 896. The van der Waals surface area contributed by atoms with Crippen LogP contribution in [0.15, 0.2) is 53.5 Å². The van der Waals surface area contributed by atoms with Crippen LogP contribution in [0.4, 0.5) is 5.69 Å². The molecule has 0 amide bonds. The molecule has 0 fully saturated rings. The lowest BCUT2D eigenvalue weighted by atomic mass is 10.1. The molecule has 0 bridgehead atoms. The average Bonchev–Trinajstić information content (AvgIpc) is 2.84. The normalized spacial score (nSPS) is 11.4. The van der Waals surface area contributed by atoms with Gasteiger partial charge in [0.2, 0.25) is 0 Å². The number of aromatic nitrogens is 1. The molecule has 0 radical (unpaired) electrons. The van der Waals surface area contributed by atoms with Gasteiger partial charge in [-0.15, -0.1) is 0 Å². The van der Waals surface area contributed by atoms with Gasteiger partial charge in [0, 0.05) is 28.9 Å². The molecule has 2 heteroatoms. The van der Waals surface area contributed by atoms with Gasteiger partial charge in [-0.3, -0.25) is 4.99 Å². The number of aryl methyl sites for hydroxylation is 3. The molecule has 1 heterocycles. The Balaban J connectivity index is 1.98. The van der Waals surface area contributed by atoms with Crippen molar-refractivity contribution in [1.82, 2.24) is 4.57 Å². The van der Waals surface area contributed by atoms with Gasteiger partial charge in [0.15, 0.2) is 0 Å². The Kier molecular flexibility index (Phi) is 4.39. The second-order valence-corrected chi connectivity index (χ2v) is 6.47. The first-order valence-corrected chi connectivity index (χ1v) is 8.33. The van der Waals surface area contributed by atoms with Crippen molar-refractivity contribution in [2.45, 2.75) is 34.6 Å². The molecule has 0 spiro atoms. The highest BCUT2D eigenvalue weighted by Gasteiger charge is 2.09. The number of nitrogens with zero attached hydrogens (tertiary/aromatic N) is 2. The first-order chi connectivity index (χ1) is 11.5. The highest BCUT2D eigenvalue weighted by Crippen LogP contribution is 2.23. The molecule has 1 aromatic heterocycles. The fourth-order valence-electron chi connectivity index (χ4n) is 3.02. The molecule has 2 nitrogen and oxygen atoms in total. The van der Waals surface area contributed by atoms with Crippen LogP contribution >= 0.6 is 0 Å². The van der Waals surface area contributed by atoms with E-state index in [0.29, 0.717) is 0 Å². The molecule has 0 aliphatic rings. The van der Waals surface area contributed by atoms with Crippen molar-refractivity contribution >= 4 is 11.9 Å². The third-order valence-corrected chi connectivity index (χ3v) is 4.68. The Morgan fingerprint density at radius 2 is 1.58 bits per heavy atom. The Morgan fingerprint density at radius 1 is 0.875 bits per heavy atom. The number of hydrogen-bond acceptors (Lipinski definition) is 1. The summed E-state index contributed by atoms with van der Waals surface area (Å²) in [6.07, 6.45) is 1.98.